The molecular formula is C8H11O5P. The fraction of sp³-hybridized carbons (Fsp3) is 0.250. The minimum atomic E-state index is -4.56. The molecule has 2 N–H and O–H groups in total. The minimum Gasteiger partial charge on any atom is -0.301 e. The van der Waals surface area contributed by atoms with E-state index in [2.05, 4.69) is 9.56 Å². The van der Waals surface area contributed by atoms with Crippen LogP contribution in [0.1, 0.15) is 18.6 Å². The van der Waals surface area contributed by atoms with Gasteiger partial charge in [-0.3, -0.25) is 0 Å². The molecular weight excluding hydrogens is 207 g/mol. The van der Waals surface area contributed by atoms with E-state index in [4.69, 9.17) is 9.79 Å². The molecule has 0 heterocycles. The van der Waals surface area contributed by atoms with Crippen LogP contribution < -0.4 is 0 Å². The van der Waals surface area contributed by atoms with E-state index in [0.29, 0.717) is 0 Å². The van der Waals surface area contributed by atoms with Crippen molar-refractivity contribution in [1.29, 1.82) is 0 Å². The third kappa shape index (κ3) is 4.00. The zero-order chi connectivity index (χ0) is 10.6. The maximum atomic E-state index is 10.3. The maximum absolute atomic E-state index is 10.3. The molecule has 78 valence electrons. The summed E-state index contributed by atoms with van der Waals surface area (Å²) in [4.78, 5) is 21.3. The molecule has 0 aliphatic heterocycles. The summed E-state index contributed by atoms with van der Waals surface area (Å²) < 4.78 is 14.2. The molecule has 0 spiro atoms. The summed E-state index contributed by atoms with van der Waals surface area (Å²) in [6, 6.07) is 8.97. The maximum Gasteiger partial charge on any atom is 0.496 e. The highest BCUT2D eigenvalue weighted by molar-refractivity contribution is 7.46. The Morgan fingerprint density at radius 3 is 2.36 bits per heavy atom. The second kappa shape index (κ2) is 4.68. The van der Waals surface area contributed by atoms with Gasteiger partial charge in [-0.15, -0.1) is 4.67 Å². The first-order valence-corrected chi connectivity index (χ1v) is 5.47. The molecule has 0 fully saturated rings. The fourth-order valence-corrected chi connectivity index (χ4v) is 1.14. The van der Waals surface area contributed by atoms with Crippen molar-refractivity contribution < 1.29 is 23.9 Å². The van der Waals surface area contributed by atoms with Crippen LogP contribution in [0.2, 0.25) is 0 Å². The number of phosphoric acid groups is 1. The molecule has 0 saturated heterocycles. The molecule has 0 aliphatic carbocycles. The summed E-state index contributed by atoms with van der Waals surface area (Å²) in [5.41, 5.74) is 0.779. The predicted molar refractivity (Wildman–Crippen MR) is 49.1 cm³/mol. The lowest BCUT2D eigenvalue weighted by Crippen LogP contribution is -1.99. The van der Waals surface area contributed by atoms with Crippen LogP contribution in [0.5, 0.6) is 0 Å². The van der Waals surface area contributed by atoms with Gasteiger partial charge in [0.15, 0.2) is 0 Å². The average molecular weight is 218 g/mol. The lowest BCUT2D eigenvalue weighted by molar-refractivity contribution is -0.256. The van der Waals surface area contributed by atoms with Gasteiger partial charge in [-0.05, 0) is 12.5 Å². The highest BCUT2D eigenvalue weighted by Crippen LogP contribution is 2.38. The monoisotopic (exact) mass is 218 g/mol. The second-order valence-electron chi connectivity index (χ2n) is 2.71. The smallest absolute Gasteiger partial charge is 0.301 e. The van der Waals surface area contributed by atoms with Gasteiger partial charge in [0.05, 0.1) is 0 Å². The summed E-state index contributed by atoms with van der Waals surface area (Å²) in [5, 5.41) is 0. The molecule has 5 nitrogen and oxygen atoms in total. The van der Waals surface area contributed by atoms with Gasteiger partial charge in [-0.2, -0.15) is 0 Å². The third-order valence-corrected chi connectivity index (χ3v) is 1.83. The summed E-state index contributed by atoms with van der Waals surface area (Å²) >= 11 is 0. The van der Waals surface area contributed by atoms with Gasteiger partial charge in [0, 0.05) is 0 Å². The van der Waals surface area contributed by atoms with Crippen LogP contribution >= 0.6 is 7.82 Å². The standard InChI is InChI=1S/C8H11O5P/c1-7(12-13-14(9,10)11)8-5-3-2-4-6-8/h2-7H,1H3,(H2,9,10,11). The van der Waals surface area contributed by atoms with Crippen molar-refractivity contribution >= 4 is 7.82 Å². The molecule has 0 aliphatic rings. The van der Waals surface area contributed by atoms with Crippen LogP contribution in [0.4, 0.5) is 0 Å². The molecule has 0 radical (unpaired) electrons. The van der Waals surface area contributed by atoms with E-state index in [1.165, 1.54) is 0 Å². The first-order valence-electron chi connectivity index (χ1n) is 3.94. The number of benzene rings is 1. The zero-order valence-corrected chi connectivity index (χ0v) is 8.42. The van der Waals surface area contributed by atoms with E-state index in [1.807, 2.05) is 6.07 Å². The van der Waals surface area contributed by atoms with Crippen LogP contribution in [0.3, 0.4) is 0 Å². The first kappa shape index (κ1) is 11.4. The van der Waals surface area contributed by atoms with Crippen molar-refractivity contribution in [1.82, 2.24) is 0 Å². The van der Waals surface area contributed by atoms with Gasteiger partial charge >= 0.3 is 7.82 Å². The van der Waals surface area contributed by atoms with Crippen LogP contribution in [0.25, 0.3) is 0 Å². The molecule has 0 saturated carbocycles. The van der Waals surface area contributed by atoms with Gasteiger partial charge in [0.2, 0.25) is 0 Å². The fourth-order valence-electron chi connectivity index (χ4n) is 0.900. The molecule has 1 unspecified atom stereocenters. The molecule has 0 bridgehead atoms. The Balaban J connectivity index is 2.52. The van der Waals surface area contributed by atoms with E-state index in [0.717, 1.165) is 5.56 Å². The van der Waals surface area contributed by atoms with Gasteiger partial charge in [0.25, 0.3) is 0 Å². The Kier molecular flexibility index (Phi) is 3.80. The molecule has 1 rings (SSSR count). The van der Waals surface area contributed by atoms with Crippen LogP contribution in [0, 0.1) is 0 Å². The molecule has 1 atom stereocenters. The van der Waals surface area contributed by atoms with Gasteiger partial charge < -0.3 is 9.79 Å². The number of hydrogen-bond acceptors (Lipinski definition) is 3. The van der Waals surface area contributed by atoms with E-state index in [9.17, 15) is 4.57 Å². The molecule has 1 aromatic rings. The molecule has 0 amide bonds. The van der Waals surface area contributed by atoms with E-state index in [-0.39, 0.29) is 0 Å². The Hall–Kier alpha value is -0.710. The lowest BCUT2D eigenvalue weighted by atomic mass is 10.1. The van der Waals surface area contributed by atoms with Crippen LogP contribution in [-0.2, 0) is 14.1 Å². The van der Waals surface area contributed by atoms with Gasteiger partial charge in [0.1, 0.15) is 6.10 Å². The predicted octanol–water partition coefficient (Wildman–Crippen LogP) is 1.79. The van der Waals surface area contributed by atoms with Crippen molar-refractivity contribution in [3.05, 3.63) is 35.9 Å². The van der Waals surface area contributed by atoms with Gasteiger partial charge in [-0.1, -0.05) is 30.3 Å². The summed E-state index contributed by atoms with van der Waals surface area (Å²) in [6.07, 6.45) is -0.524. The highest BCUT2D eigenvalue weighted by Gasteiger charge is 2.18. The Bertz CT molecular complexity index is 320. The normalized spacial score (nSPS) is 13.9. The lowest BCUT2D eigenvalue weighted by Gasteiger charge is -2.11. The van der Waals surface area contributed by atoms with Crippen molar-refractivity contribution in [2.45, 2.75) is 13.0 Å². The largest absolute Gasteiger partial charge is 0.496 e. The summed E-state index contributed by atoms with van der Waals surface area (Å²) in [7, 11) is -4.56. The third-order valence-electron chi connectivity index (χ3n) is 1.55. The zero-order valence-electron chi connectivity index (χ0n) is 7.53. The molecule has 14 heavy (non-hydrogen) atoms. The topological polar surface area (TPSA) is 76.0 Å². The SMILES string of the molecule is CC(OOP(=O)(O)O)c1ccccc1. The Morgan fingerprint density at radius 1 is 1.29 bits per heavy atom. The number of hydrogen-bond donors (Lipinski definition) is 2. The second-order valence-corrected chi connectivity index (χ2v) is 3.84. The van der Waals surface area contributed by atoms with Gasteiger partial charge in [-0.25, -0.2) is 9.45 Å². The minimum absolute atomic E-state index is 0.524. The quantitative estimate of drug-likeness (QED) is 0.457. The summed E-state index contributed by atoms with van der Waals surface area (Å²) in [6.45, 7) is 1.63. The van der Waals surface area contributed by atoms with Crippen LogP contribution in [0.15, 0.2) is 30.3 Å². The van der Waals surface area contributed by atoms with E-state index < -0.39 is 13.9 Å². The van der Waals surface area contributed by atoms with Crippen molar-refractivity contribution in [2.75, 3.05) is 0 Å². The Morgan fingerprint density at radius 2 is 1.86 bits per heavy atom. The molecule has 6 heteroatoms. The molecule has 1 aromatic carbocycles. The summed E-state index contributed by atoms with van der Waals surface area (Å²) in [5.74, 6) is 0. The van der Waals surface area contributed by atoms with E-state index in [1.54, 1.807) is 31.2 Å². The highest BCUT2D eigenvalue weighted by atomic mass is 31.2. The van der Waals surface area contributed by atoms with Crippen molar-refractivity contribution in [2.24, 2.45) is 0 Å². The number of rotatable bonds is 4. The van der Waals surface area contributed by atoms with Crippen molar-refractivity contribution in [3.63, 3.8) is 0 Å². The molecule has 0 aromatic heterocycles. The first-order chi connectivity index (χ1) is 6.49. The van der Waals surface area contributed by atoms with Crippen LogP contribution in [-0.4, -0.2) is 9.79 Å². The van der Waals surface area contributed by atoms with E-state index >= 15 is 0 Å². The van der Waals surface area contributed by atoms with Crippen molar-refractivity contribution in [3.8, 4) is 0 Å². The average Bonchev–Trinajstić information content (AvgIpc) is 2.14. The Labute approximate surface area is 81.5 Å².